The lowest BCUT2D eigenvalue weighted by atomic mass is 9.97. The topological polar surface area (TPSA) is 67.3 Å². The highest BCUT2D eigenvalue weighted by Gasteiger charge is 2.32. The lowest BCUT2D eigenvalue weighted by molar-refractivity contribution is -0.274. The molecule has 10 heteroatoms. The molecule has 1 saturated heterocycles. The maximum atomic E-state index is 12.7. The minimum absolute atomic E-state index is 0.0447. The third kappa shape index (κ3) is 5.56. The van der Waals surface area contributed by atoms with Gasteiger partial charge in [0.1, 0.15) is 11.4 Å². The minimum atomic E-state index is -4.79. The highest BCUT2D eigenvalue weighted by Crippen LogP contribution is 2.27. The maximum absolute atomic E-state index is 12.7. The first-order valence-electron chi connectivity index (χ1n) is 10.1. The van der Waals surface area contributed by atoms with Crippen LogP contribution in [0, 0.1) is 5.92 Å². The first kappa shape index (κ1) is 22.1. The van der Waals surface area contributed by atoms with E-state index in [2.05, 4.69) is 20.3 Å². The normalized spacial score (nSPS) is 16.6. The minimum Gasteiger partial charge on any atom is -0.405 e. The van der Waals surface area contributed by atoms with Crippen LogP contribution in [0.25, 0.3) is 10.6 Å². The van der Waals surface area contributed by atoms with Crippen LogP contribution in [0.2, 0.25) is 0 Å². The summed E-state index contributed by atoms with van der Waals surface area (Å²) in [5.74, 6) is -0.115. The highest BCUT2D eigenvalue weighted by atomic mass is 32.1. The molecule has 3 heterocycles. The number of hydrogen-bond acceptors (Lipinski definition) is 6. The van der Waals surface area contributed by atoms with Crippen LogP contribution in [0.15, 0.2) is 53.9 Å². The van der Waals surface area contributed by atoms with Crippen molar-refractivity contribution in [3.05, 3.63) is 59.5 Å². The van der Waals surface area contributed by atoms with Crippen molar-refractivity contribution in [2.75, 3.05) is 18.0 Å². The highest BCUT2D eigenvalue weighted by molar-refractivity contribution is 7.13. The summed E-state index contributed by atoms with van der Waals surface area (Å²) in [4.78, 5) is 15.8. The predicted molar refractivity (Wildman–Crippen MR) is 115 cm³/mol. The van der Waals surface area contributed by atoms with Gasteiger partial charge in [0.25, 0.3) is 0 Å². The third-order valence-corrected chi connectivity index (χ3v) is 6.08. The number of nitrogens with one attached hydrogen (secondary N) is 1. The van der Waals surface area contributed by atoms with Crippen molar-refractivity contribution in [2.24, 2.45) is 5.92 Å². The molecule has 32 heavy (non-hydrogen) atoms. The van der Waals surface area contributed by atoms with Gasteiger partial charge in [-0.05, 0) is 42.5 Å². The van der Waals surface area contributed by atoms with Gasteiger partial charge in [-0.15, -0.1) is 34.7 Å². The number of ether oxygens (including phenoxy) is 1. The van der Waals surface area contributed by atoms with E-state index in [-0.39, 0.29) is 29.7 Å². The number of alkyl halides is 3. The van der Waals surface area contributed by atoms with Crippen molar-refractivity contribution in [3.8, 4) is 16.3 Å². The van der Waals surface area contributed by atoms with Gasteiger partial charge in [0, 0.05) is 25.2 Å². The lowest BCUT2D eigenvalue weighted by Crippen LogP contribution is -2.43. The van der Waals surface area contributed by atoms with Crippen molar-refractivity contribution < 1.29 is 22.7 Å². The number of carbonyl (C=O) groups is 1. The molecule has 1 atom stereocenters. The second kappa shape index (κ2) is 9.56. The SMILES string of the molecule is O=C(NCc1ccccc1OC(F)(F)F)C1CCCN(c2ccc(-c3cccs3)nn2)C1. The van der Waals surface area contributed by atoms with E-state index in [1.165, 1.54) is 18.2 Å². The monoisotopic (exact) mass is 462 g/mol. The zero-order valence-corrected chi connectivity index (χ0v) is 17.8. The number of benzene rings is 1. The molecule has 2 aromatic heterocycles. The molecule has 1 aromatic carbocycles. The Kier molecular flexibility index (Phi) is 6.59. The smallest absolute Gasteiger partial charge is 0.405 e. The molecule has 0 spiro atoms. The molecule has 1 unspecified atom stereocenters. The van der Waals surface area contributed by atoms with Crippen molar-refractivity contribution in [1.29, 1.82) is 0 Å². The Balaban J connectivity index is 1.36. The molecule has 168 valence electrons. The van der Waals surface area contributed by atoms with Crippen LogP contribution in [-0.2, 0) is 11.3 Å². The molecule has 3 aromatic rings. The fourth-order valence-corrected chi connectivity index (χ4v) is 4.34. The van der Waals surface area contributed by atoms with Gasteiger partial charge in [-0.3, -0.25) is 4.79 Å². The van der Waals surface area contributed by atoms with Gasteiger partial charge in [-0.1, -0.05) is 24.3 Å². The van der Waals surface area contributed by atoms with E-state index in [9.17, 15) is 18.0 Å². The first-order chi connectivity index (χ1) is 15.4. The van der Waals surface area contributed by atoms with Crippen LogP contribution in [0.3, 0.4) is 0 Å². The number of nitrogens with zero attached hydrogens (tertiary/aromatic N) is 3. The molecule has 0 saturated carbocycles. The Morgan fingerprint density at radius 1 is 1.16 bits per heavy atom. The van der Waals surface area contributed by atoms with Crippen LogP contribution in [-0.4, -0.2) is 35.6 Å². The summed E-state index contributed by atoms with van der Waals surface area (Å²) in [6.45, 7) is 1.19. The summed E-state index contributed by atoms with van der Waals surface area (Å²) in [7, 11) is 0. The standard InChI is InChI=1S/C22H21F3N4O2S/c23-22(24,25)31-18-7-2-1-5-15(18)13-26-21(30)16-6-3-11-29(14-16)20-10-9-17(27-28-20)19-8-4-12-32-19/h1-2,4-5,7-10,12,16H,3,6,11,13-14H2,(H,26,30). The second-order valence-corrected chi connectivity index (χ2v) is 8.36. The van der Waals surface area contributed by atoms with E-state index in [0.717, 1.165) is 23.5 Å². The molecule has 1 amide bonds. The average molecular weight is 462 g/mol. The lowest BCUT2D eigenvalue weighted by Gasteiger charge is -2.32. The van der Waals surface area contributed by atoms with Crippen LogP contribution < -0.4 is 15.0 Å². The summed E-state index contributed by atoms with van der Waals surface area (Å²) < 4.78 is 41.8. The molecule has 1 N–H and O–H groups in total. The number of anilines is 1. The Morgan fingerprint density at radius 2 is 2.00 bits per heavy atom. The maximum Gasteiger partial charge on any atom is 0.573 e. The molecule has 1 aliphatic heterocycles. The van der Waals surface area contributed by atoms with Gasteiger partial charge in [-0.25, -0.2) is 0 Å². The Hall–Kier alpha value is -3.14. The van der Waals surface area contributed by atoms with E-state index in [1.807, 2.05) is 34.5 Å². The number of piperidine rings is 1. The Labute approximate surface area is 187 Å². The van der Waals surface area contributed by atoms with Crippen molar-refractivity contribution >= 4 is 23.1 Å². The average Bonchev–Trinajstić information content (AvgIpc) is 3.32. The van der Waals surface area contributed by atoms with Gasteiger partial charge in [-0.2, -0.15) is 0 Å². The molecule has 1 aliphatic rings. The van der Waals surface area contributed by atoms with Crippen LogP contribution in [0.5, 0.6) is 5.75 Å². The van der Waals surface area contributed by atoms with E-state index in [0.29, 0.717) is 18.8 Å². The van der Waals surface area contributed by atoms with E-state index < -0.39 is 6.36 Å². The Morgan fingerprint density at radius 3 is 2.72 bits per heavy atom. The van der Waals surface area contributed by atoms with Crippen molar-refractivity contribution in [1.82, 2.24) is 15.5 Å². The number of thiophene rings is 1. The van der Waals surface area contributed by atoms with E-state index in [1.54, 1.807) is 17.4 Å². The summed E-state index contributed by atoms with van der Waals surface area (Å²) in [5.41, 5.74) is 1.07. The molecule has 0 radical (unpaired) electrons. The zero-order valence-electron chi connectivity index (χ0n) is 17.0. The number of aromatic nitrogens is 2. The van der Waals surface area contributed by atoms with Gasteiger partial charge in [0.05, 0.1) is 10.8 Å². The van der Waals surface area contributed by atoms with Crippen LogP contribution in [0.1, 0.15) is 18.4 Å². The summed E-state index contributed by atoms with van der Waals surface area (Å²) in [5, 5.41) is 13.3. The molecule has 0 bridgehead atoms. The number of halogens is 3. The van der Waals surface area contributed by atoms with Gasteiger partial charge < -0.3 is 15.0 Å². The fourth-order valence-electron chi connectivity index (χ4n) is 3.65. The van der Waals surface area contributed by atoms with Gasteiger partial charge >= 0.3 is 6.36 Å². The summed E-state index contributed by atoms with van der Waals surface area (Å²) >= 11 is 1.59. The van der Waals surface area contributed by atoms with Crippen molar-refractivity contribution in [2.45, 2.75) is 25.7 Å². The first-order valence-corrected chi connectivity index (χ1v) is 11.0. The molecular weight excluding hydrogens is 441 g/mol. The largest absolute Gasteiger partial charge is 0.573 e. The molecule has 6 nitrogen and oxygen atoms in total. The van der Waals surface area contributed by atoms with Gasteiger partial charge in [0.15, 0.2) is 5.82 Å². The molecule has 0 aliphatic carbocycles. The van der Waals surface area contributed by atoms with E-state index >= 15 is 0 Å². The Bertz CT molecular complexity index is 1040. The molecule has 1 fully saturated rings. The number of hydrogen-bond donors (Lipinski definition) is 1. The predicted octanol–water partition coefficient (Wildman–Crippen LogP) is 4.64. The number of amides is 1. The molecule has 4 rings (SSSR count). The number of rotatable bonds is 6. The van der Waals surface area contributed by atoms with Crippen LogP contribution in [0.4, 0.5) is 19.0 Å². The zero-order chi connectivity index (χ0) is 22.6. The quantitative estimate of drug-likeness (QED) is 0.578. The fraction of sp³-hybridized carbons (Fsp3) is 0.318. The third-order valence-electron chi connectivity index (χ3n) is 5.19. The number of para-hydroxylation sites is 1. The summed E-state index contributed by atoms with van der Waals surface area (Å²) in [6.07, 6.45) is -3.28. The second-order valence-electron chi connectivity index (χ2n) is 7.41. The number of carbonyl (C=O) groups excluding carboxylic acids is 1. The molecular formula is C22H21F3N4O2S. The van der Waals surface area contributed by atoms with Gasteiger partial charge in [0.2, 0.25) is 5.91 Å². The van der Waals surface area contributed by atoms with Crippen molar-refractivity contribution in [3.63, 3.8) is 0 Å². The summed E-state index contributed by atoms with van der Waals surface area (Å²) in [6, 6.07) is 13.5. The van der Waals surface area contributed by atoms with E-state index in [4.69, 9.17) is 0 Å². The van der Waals surface area contributed by atoms with Crippen LogP contribution >= 0.6 is 11.3 Å².